The standard InChI is InChI=1S/C15H25N3O2/c19-14(17-12-3-1-2-4-12)10-18-13-7-8-16-9-11(13)5-6-15(18)20/h11-13,16H,1-10H2,(H,17,19). The molecular formula is C15H25N3O2. The minimum absolute atomic E-state index is 0.0319. The van der Waals surface area contributed by atoms with Gasteiger partial charge in [-0.05, 0) is 44.7 Å². The van der Waals surface area contributed by atoms with Crippen LogP contribution < -0.4 is 10.6 Å². The van der Waals surface area contributed by atoms with E-state index in [-0.39, 0.29) is 24.4 Å². The van der Waals surface area contributed by atoms with Crippen molar-refractivity contribution >= 4 is 11.8 Å². The molecule has 0 bridgehead atoms. The highest BCUT2D eigenvalue weighted by Gasteiger charge is 2.38. The number of carbonyl (C=O) groups excluding carboxylic acids is 2. The maximum absolute atomic E-state index is 12.2. The van der Waals surface area contributed by atoms with E-state index >= 15 is 0 Å². The van der Waals surface area contributed by atoms with E-state index in [2.05, 4.69) is 10.6 Å². The molecule has 2 saturated heterocycles. The Morgan fingerprint density at radius 3 is 2.85 bits per heavy atom. The van der Waals surface area contributed by atoms with Crippen molar-refractivity contribution in [3.8, 4) is 0 Å². The van der Waals surface area contributed by atoms with Crippen LogP contribution in [0.4, 0.5) is 0 Å². The summed E-state index contributed by atoms with van der Waals surface area (Å²) < 4.78 is 0. The zero-order valence-corrected chi connectivity index (χ0v) is 12.1. The zero-order valence-electron chi connectivity index (χ0n) is 12.1. The van der Waals surface area contributed by atoms with E-state index in [9.17, 15) is 9.59 Å². The average molecular weight is 279 g/mol. The van der Waals surface area contributed by atoms with Gasteiger partial charge in [0.1, 0.15) is 0 Å². The number of rotatable bonds is 3. The van der Waals surface area contributed by atoms with Gasteiger partial charge in [-0.25, -0.2) is 0 Å². The summed E-state index contributed by atoms with van der Waals surface area (Å²) in [5.41, 5.74) is 0. The minimum Gasteiger partial charge on any atom is -0.352 e. The van der Waals surface area contributed by atoms with Crippen LogP contribution in [0.5, 0.6) is 0 Å². The second-order valence-corrected chi connectivity index (χ2v) is 6.43. The number of amides is 2. The lowest BCUT2D eigenvalue weighted by molar-refractivity contribution is -0.144. The predicted octanol–water partition coefficient (Wildman–Crippen LogP) is 0.646. The second kappa shape index (κ2) is 6.12. The van der Waals surface area contributed by atoms with E-state index < -0.39 is 0 Å². The van der Waals surface area contributed by atoms with Crippen molar-refractivity contribution in [2.45, 2.75) is 57.0 Å². The smallest absolute Gasteiger partial charge is 0.239 e. The van der Waals surface area contributed by atoms with E-state index in [1.807, 2.05) is 4.90 Å². The van der Waals surface area contributed by atoms with Crippen LogP contribution in [0.2, 0.25) is 0 Å². The average Bonchev–Trinajstić information content (AvgIpc) is 2.95. The van der Waals surface area contributed by atoms with E-state index in [0.29, 0.717) is 18.4 Å². The van der Waals surface area contributed by atoms with Gasteiger partial charge in [-0.2, -0.15) is 0 Å². The molecule has 1 aliphatic carbocycles. The van der Waals surface area contributed by atoms with E-state index in [1.54, 1.807) is 0 Å². The second-order valence-electron chi connectivity index (χ2n) is 6.43. The van der Waals surface area contributed by atoms with Gasteiger partial charge in [0, 0.05) is 18.5 Å². The first-order valence-electron chi connectivity index (χ1n) is 8.03. The third-order valence-corrected chi connectivity index (χ3v) is 5.05. The van der Waals surface area contributed by atoms with Crippen LogP contribution in [0.3, 0.4) is 0 Å². The Hall–Kier alpha value is -1.10. The highest BCUT2D eigenvalue weighted by Crippen LogP contribution is 2.28. The fraction of sp³-hybridized carbons (Fsp3) is 0.867. The fourth-order valence-corrected chi connectivity index (χ4v) is 3.95. The Labute approximate surface area is 120 Å². The molecule has 3 rings (SSSR count). The lowest BCUT2D eigenvalue weighted by Crippen LogP contribution is -2.57. The zero-order chi connectivity index (χ0) is 13.9. The lowest BCUT2D eigenvalue weighted by atomic mass is 9.84. The van der Waals surface area contributed by atoms with Crippen LogP contribution in [-0.2, 0) is 9.59 Å². The number of carbonyl (C=O) groups is 2. The van der Waals surface area contributed by atoms with Crippen molar-refractivity contribution in [2.24, 2.45) is 5.92 Å². The van der Waals surface area contributed by atoms with Gasteiger partial charge in [0.2, 0.25) is 11.8 Å². The third kappa shape index (κ3) is 2.97. The maximum Gasteiger partial charge on any atom is 0.239 e. The molecule has 5 nitrogen and oxygen atoms in total. The van der Waals surface area contributed by atoms with Gasteiger partial charge in [0.15, 0.2) is 0 Å². The SMILES string of the molecule is O=C(CN1C(=O)CCC2CNCCC21)NC1CCCC1. The summed E-state index contributed by atoms with van der Waals surface area (Å²) in [6.07, 6.45) is 7.16. The number of hydrogen-bond donors (Lipinski definition) is 2. The van der Waals surface area contributed by atoms with Crippen LogP contribution in [0.25, 0.3) is 0 Å². The summed E-state index contributed by atoms with van der Waals surface area (Å²) in [7, 11) is 0. The molecule has 2 amide bonds. The Balaban J connectivity index is 1.58. The molecule has 2 N–H and O–H groups in total. The first-order chi connectivity index (χ1) is 9.74. The third-order valence-electron chi connectivity index (χ3n) is 5.05. The molecule has 0 aromatic heterocycles. The highest BCUT2D eigenvalue weighted by molar-refractivity contribution is 5.85. The maximum atomic E-state index is 12.2. The number of likely N-dealkylation sites (tertiary alicyclic amines) is 1. The van der Waals surface area contributed by atoms with Crippen LogP contribution >= 0.6 is 0 Å². The molecule has 0 radical (unpaired) electrons. The number of nitrogens with zero attached hydrogens (tertiary/aromatic N) is 1. The largest absolute Gasteiger partial charge is 0.352 e. The minimum atomic E-state index is 0.0319. The van der Waals surface area contributed by atoms with Crippen molar-refractivity contribution in [1.82, 2.24) is 15.5 Å². The summed E-state index contributed by atoms with van der Waals surface area (Å²) >= 11 is 0. The molecule has 1 saturated carbocycles. The van der Waals surface area contributed by atoms with Crippen LogP contribution in [-0.4, -0.2) is 48.4 Å². The number of hydrogen-bond acceptors (Lipinski definition) is 3. The molecule has 5 heteroatoms. The van der Waals surface area contributed by atoms with Gasteiger partial charge in [-0.15, -0.1) is 0 Å². The summed E-state index contributed by atoms with van der Waals surface area (Å²) in [6.45, 7) is 2.20. The number of nitrogens with one attached hydrogen (secondary N) is 2. The lowest BCUT2D eigenvalue weighted by Gasteiger charge is -2.43. The topological polar surface area (TPSA) is 61.4 Å². The summed E-state index contributed by atoms with van der Waals surface area (Å²) in [4.78, 5) is 26.2. The molecule has 0 aromatic carbocycles. The summed E-state index contributed by atoms with van der Waals surface area (Å²) in [5, 5.41) is 6.49. The number of fused-ring (bicyclic) bond motifs is 1. The first-order valence-corrected chi connectivity index (χ1v) is 8.03. The predicted molar refractivity (Wildman–Crippen MR) is 76.1 cm³/mol. The first kappa shape index (κ1) is 13.9. The van der Waals surface area contributed by atoms with E-state index in [1.165, 1.54) is 12.8 Å². The van der Waals surface area contributed by atoms with Crippen molar-refractivity contribution in [2.75, 3.05) is 19.6 Å². The molecule has 2 heterocycles. The fourth-order valence-electron chi connectivity index (χ4n) is 3.95. The van der Waals surface area contributed by atoms with Crippen LogP contribution in [0.1, 0.15) is 44.9 Å². The molecule has 3 aliphatic rings. The van der Waals surface area contributed by atoms with Crippen molar-refractivity contribution < 1.29 is 9.59 Å². The van der Waals surface area contributed by atoms with Crippen molar-refractivity contribution in [3.05, 3.63) is 0 Å². The Morgan fingerprint density at radius 2 is 2.05 bits per heavy atom. The number of piperidine rings is 2. The quantitative estimate of drug-likeness (QED) is 0.797. The van der Waals surface area contributed by atoms with Gasteiger partial charge >= 0.3 is 0 Å². The summed E-state index contributed by atoms with van der Waals surface area (Å²) in [5.74, 6) is 0.722. The van der Waals surface area contributed by atoms with Gasteiger partial charge in [0.05, 0.1) is 6.54 Å². The molecule has 20 heavy (non-hydrogen) atoms. The molecule has 2 atom stereocenters. The highest BCUT2D eigenvalue weighted by atomic mass is 16.2. The monoisotopic (exact) mass is 279 g/mol. The summed E-state index contributed by atoms with van der Waals surface area (Å²) in [6, 6.07) is 0.609. The Bertz CT molecular complexity index is 379. The Kier molecular flexibility index (Phi) is 4.24. The van der Waals surface area contributed by atoms with Crippen LogP contribution in [0, 0.1) is 5.92 Å². The van der Waals surface area contributed by atoms with Crippen LogP contribution in [0.15, 0.2) is 0 Å². The van der Waals surface area contributed by atoms with E-state index in [4.69, 9.17) is 0 Å². The Morgan fingerprint density at radius 1 is 1.25 bits per heavy atom. The molecular weight excluding hydrogens is 254 g/mol. The normalized spacial score (nSPS) is 31.2. The van der Waals surface area contributed by atoms with Crippen molar-refractivity contribution in [3.63, 3.8) is 0 Å². The molecule has 2 unspecified atom stereocenters. The molecule has 112 valence electrons. The van der Waals surface area contributed by atoms with E-state index in [0.717, 1.165) is 38.8 Å². The van der Waals surface area contributed by atoms with Gasteiger partial charge in [0.25, 0.3) is 0 Å². The van der Waals surface area contributed by atoms with Gasteiger partial charge in [-0.3, -0.25) is 9.59 Å². The van der Waals surface area contributed by atoms with Gasteiger partial charge in [-0.1, -0.05) is 12.8 Å². The molecule has 2 aliphatic heterocycles. The molecule has 0 spiro atoms. The van der Waals surface area contributed by atoms with Crippen molar-refractivity contribution in [1.29, 1.82) is 0 Å². The molecule has 3 fully saturated rings. The molecule has 0 aromatic rings. The van der Waals surface area contributed by atoms with Gasteiger partial charge < -0.3 is 15.5 Å².